The summed E-state index contributed by atoms with van der Waals surface area (Å²) in [4.78, 5) is 31.6. The summed E-state index contributed by atoms with van der Waals surface area (Å²) in [5.74, 6) is -0.496. The summed E-state index contributed by atoms with van der Waals surface area (Å²) in [7, 11) is 0. The molecule has 0 bridgehead atoms. The lowest BCUT2D eigenvalue weighted by molar-refractivity contribution is 0.331. The maximum Gasteiger partial charge on any atom is 0.417 e. The van der Waals surface area contributed by atoms with Crippen molar-refractivity contribution in [2.45, 2.75) is 6.54 Å². The zero-order valence-electron chi connectivity index (χ0n) is 13.0. The Morgan fingerprint density at radius 1 is 1.17 bits per heavy atom. The maximum absolute atomic E-state index is 11.9. The highest BCUT2D eigenvalue weighted by molar-refractivity contribution is 7.09. The molecule has 0 aliphatic heterocycles. The van der Waals surface area contributed by atoms with E-state index in [-0.39, 0.29) is 4.87 Å². The largest absolute Gasteiger partial charge is 0.417 e. The molecular weight excluding hydrogens is 326 g/mol. The third kappa shape index (κ3) is 3.32. The fraction of sp³-hybridized carbons (Fsp3) is 0.176. The van der Waals surface area contributed by atoms with Crippen LogP contribution in [0, 0.1) is 0 Å². The Kier molecular flexibility index (Phi) is 4.64. The number of rotatable bonds is 7. The molecule has 0 saturated heterocycles. The highest BCUT2D eigenvalue weighted by Crippen LogP contribution is 2.27. The van der Waals surface area contributed by atoms with Gasteiger partial charge in [-0.2, -0.15) is 0 Å². The number of aromatic nitrogens is 2. The molecule has 0 atom stereocenters. The number of benzene rings is 1. The molecule has 0 amide bonds. The molecule has 0 unspecified atom stereocenters. The van der Waals surface area contributed by atoms with Crippen molar-refractivity contribution in [3.63, 3.8) is 0 Å². The van der Waals surface area contributed by atoms with E-state index in [1.54, 1.807) is 12.1 Å². The second-order valence-electron chi connectivity index (χ2n) is 5.31. The third-order valence-electron chi connectivity index (χ3n) is 3.57. The van der Waals surface area contributed by atoms with Crippen LogP contribution in [0.15, 0.2) is 57.5 Å². The first-order valence-electron chi connectivity index (χ1n) is 7.40. The van der Waals surface area contributed by atoms with Crippen molar-refractivity contribution in [1.82, 2.24) is 14.9 Å². The number of thiazole rings is 1. The summed E-state index contributed by atoms with van der Waals surface area (Å²) in [6.07, 6.45) is 3.64. The molecule has 0 spiro atoms. The second kappa shape index (κ2) is 6.86. The summed E-state index contributed by atoms with van der Waals surface area (Å²) in [5.41, 5.74) is 2.64. The van der Waals surface area contributed by atoms with E-state index in [0.29, 0.717) is 30.7 Å². The number of nitrogens with one attached hydrogen (secondary N) is 2. The van der Waals surface area contributed by atoms with E-state index in [1.807, 2.05) is 18.2 Å². The van der Waals surface area contributed by atoms with Gasteiger partial charge >= 0.3 is 10.6 Å². The molecule has 7 heteroatoms. The van der Waals surface area contributed by atoms with Gasteiger partial charge in [0.1, 0.15) is 0 Å². The van der Waals surface area contributed by atoms with Crippen LogP contribution in [0.25, 0.3) is 22.4 Å². The summed E-state index contributed by atoms with van der Waals surface area (Å²) >= 11 is 1.18. The van der Waals surface area contributed by atoms with Gasteiger partial charge in [0.2, 0.25) is 0 Å². The van der Waals surface area contributed by atoms with Crippen LogP contribution < -0.4 is 10.6 Å². The van der Waals surface area contributed by atoms with E-state index in [1.165, 1.54) is 11.3 Å². The van der Waals surface area contributed by atoms with Gasteiger partial charge in [-0.25, -0.2) is 4.79 Å². The molecule has 2 N–H and O–H groups in total. The highest BCUT2D eigenvalue weighted by Gasteiger charge is 2.14. The smallest absolute Gasteiger partial charge is 0.408 e. The van der Waals surface area contributed by atoms with Crippen LogP contribution >= 0.6 is 11.3 Å². The Morgan fingerprint density at radius 2 is 1.92 bits per heavy atom. The van der Waals surface area contributed by atoms with Crippen molar-refractivity contribution < 1.29 is 4.42 Å². The zero-order valence-corrected chi connectivity index (χ0v) is 13.8. The van der Waals surface area contributed by atoms with Crippen LogP contribution in [0.4, 0.5) is 0 Å². The molecule has 0 aliphatic rings. The molecule has 6 nitrogen and oxygen atoms in total. The fourth-order valence-electron chi connectivity index (χ4n) is 2.58. The number of oxazole rings is 1. The predicted octanol–water partition coefficient (Wildman–Crippen LogP) is 2.71. The average Bonchev–Trinajstić information content (AvgIpc) is 3.08. The van der Waals surface area contributed by atoms with Crippen LogP contribution in [0.2, 0.25) is 0 Å². The molecule has 0 saturated carbocycles. The van der Waals surface area contributed by atoms with Crippen LogP contribution in [-0.4, -0.2) is 28.0 Å². The lowest BCUT2D eigenvalue weighted by atomic mass is 10.1. The van der Waals surface area contributed by atoms with Gasteiger partial charge in [0.05, 0.1) is 11.2 Å². The molecule has 2 heterocycles. The number of hydrogen-bond donors (Lipinski definition) is 2. The first-order chi connectivity index (χ1) is 11.6. The van der Waals surface area contributed by atoms with Crippen LogP contribution in [0.1, 0.15) is 4.88 Å². The molecule has 2 aromatic heterocycles. The average molecular weight is 343 g/mol. The minimum Gasteiger partial charge on any atom is -0.408 e. The lowest BCUT2D eigenvalue weighted by Gasteiger charge is -2.18. The normalized spacial score (nSPS) is 11.2. The second-order valence-corrected chi connectivity index (χ2v) is 6.38. The van der Waals surface area contributed by atoms with Gasteiger partial charge < -0.3 is 9.40 Å². The predicted molar refractivity (Wildman–Crippen MR) is 96.4 cm³/mol. The quantitative estimate of drug-likeness (QED) is 0.646. The lowest BCUT2D eigenvalue weighted by Crippen LogP contribution is -2.23. The van der Waals surface area contributed by atoms with Gasteiger partial charge in [-0.15, -0.1) is 13.2 Å². The Morgan fingerprint density at radius 3 is 2.62 bits per heavy atom. The molecular formula is C17H17N3O3S. The van der Waals surface area contributed by atoms with Crippen molar-refractivity contribution in [1.29, 1.82) is 0 Å². The molecule has 124 valence electrons. The molecule has 0 radical (unpaired) electrons. The van der Waals surface area contributed by atoms with E-state index in [2.05, 4.69) is 28.0 Å². The maximum atomic E-state index is 11.9. The van der Waals surface area contributed by atoms with Crippen molar-refractivity contribution >= 4 is 22.4 Å². The Labute approximate surface area is 141 Å². The number of H-pyrrole nitrogens is 2. The Balaban J connectivity index is 2.00. The summed E-state index contributed by atoms with van der Waals surface area (Å²) < 4.78 is 5.10. The van der Waals surface area contributed by atoms with E-state index in [9.17, 15) is 9.59 Å². The molecule has 3 rings (SSSR count). The van der Waals surface area contributed by atoms with Gasteiger partial charge in [-0.05, 0) is 12.1 Å². The third-order valence-corrected chi connectivity index (χ3v) is 4.44. The number of fused-ring (bicyclic) bond motifs is 1. The number of aromatic amines is 2. The van der Waals surface area contributed by atoms with E-state index >= 15 is 0 Å². The summed E-state index contributed by atoms with van der Waals surface area (Å²) in [6.45, 7) is 9.52. The minimum absolute atomic E-state index is 0.118. The number of hydrogen-bond acceptors (Lipinski definition) is 5. The van der Waals surface area contributed by atoms with E-state index in [0.717, 1.165) is 16.1 Å². The Bertz CT molecular complexity index is 982. The minimum atomic E-state index is -0.496. The van der Waals surface area contributed by atoms with Gasteiger partial charge in [0, 0.05) is 30.1 Å². The van der Waals surface area contributed by atoms with Crippen molar-refractivity contribution in [2.75, 3.05) is 13.1 Å². The van der Waals surface area contributed by atoms with Crippen molar-refractivity contribution in [2.24, 2.45) is 0 Å². The first-order valence-corrected chi connectivity index (χ1v) is 8.21. The SMILES string of the molecule is C=CCN(CC=C)Cc1sc(=O)[nH]c1-c1ccc2[nH]c(=O)oc2c1. The van der Waals surface area contributed by atoms with E-state index in [4.69, 9.17) is 4.42 Å². The Hall–Kier alpha value is -2.64. The summed E-state index contributed by atoms with van der Waals surface area (Å²) in [5, 5.41) is 0. The van der Waals surface area contributed by atoms with Crippen LogP contribution in [-0.2, 0) is 6.54 Å². The molecule has 1 aromatic carbocycles. The van der Waals surface area contributed by atoms with Crippen molar-refractivity contribution in [3.05, 3.63) is 68.6 Å². The van der Waals surface area contributed by atoms with Crippen molar-refractivity contribution in [3.8, 4) is 11.3 Å². The molecule has 0 fully saturated rings. The van der Waals surface area contributed by atoms with Crippen LogP contribution in [0.3, 0.4) is 0 Å². The number of nitrogens with zero attached hydrogens (tertiary/aromatic N) is 1. The fourth-order valence-corrected chi connectivity index (χ4v) is 3.47. The monoisotopic (exact) mass is 343 g/mol. The van der Waals surface area contributed by atoms with Gasteiger partial charge in [-0.3, -0.25) is 14.7 Å². The highest BCUT2D eigenvalue weighted by atomic mass is 32.1. The van der Waals surface area contributed by atoms with Gasteiger partial charge in [0.25, 0.3) is 0 Å². The van der Waals surface area contributed by atoms with E-state index < -0.39 is 5.76 Å². The van der Waals surface area contributed by atoms with Gasteiger partial charge in [-0.1, -0.05) is 29.6 Å². The molecule has 24 heavy (non-hydrogen) atoms. The zero-order chi connectivity index (χ0) is 17.1. The first kappa shape index (κ1) is 16.2. The van der Waals surface area contributed by atoms with Crippen LogP contribution in [0.5, 0.6) is 0 Å². The summed E-state index contributed by atoms with van der Waals surface area (Å²) in [6, 6.07) is 5.36. The topological polar surface area (TPSA) is 82.1 Å². The standard InChI is InChI=1S/C17H17N3O3S/c1-3-7-20(8-4-2)10-14-15(19-17(22)24-14)11-5-6-12-13(9-11)23-16(21)18-12/h3-6,9H,1-2,7-8,10H2,(H,18,21)(H,19,22). The molecule has 3 aromatic rings. The molecule has 0 aliphatic carbocycles. The van der Waals surface area contributed by atoms with Gasteiger partial charge in [0.15, 0.2) is 5.58 Å².